The van der Waals surface area contributed by atoms with Crippen LogP contribution < -0.4 is 10.2 Å². The third-order valence-electron chi connectivity index (χ3n) is 3.58. The Morgan fingerprint density at radius 2 is 2.05 bits per heavy atom. The molecule has 2 N–H and O–H groups in total. The molecule has 1 unspecified atom stereocenters. The highest BCUT2D eigenvalue weighted by Gasteiger charge is 2.38. The average molecular weight is 288 g/mol. The summed E-state index contributed by atoms with van der Waals surface area (Å²) in [7, 11) is 1.76. The van der Waals surface area contributed by atoms with Crippen molar-refractivity contribution in [3.8, 4) is 5.75 Å². The highest BCUT2D eigenvalue weighted by molar-refractivity contribution is 5.55. The minimum Gasteiger partial charge on any atom is -0.508 e. The van der Waals surface area contributed by atoms with Crippen LogP contribution in [0.25, 0.3) is 0 Å². The number of alkyl halides is 3. The molecule has 20 heavy (non-hydrogen) atoms. The van der Waals surface area contributed by atoms with Crippen LogP contribution in [0, 0.1) is 0 Å². The fourth-order valence-corrected chi connectivity index (χ4v) is 2.24. The number of phenolic OH excluding ortho intramolecular Hbond substituents is 1. The summed E-state index contributed by atoms with van der Waals surface area (Å²) in [6.07, 6.45) is -2.70. The van der Waals surface area contributed by atoms with Crippen molar-refractivity contribution in [3.63, 3.8) is 0 Å². The van der Waals surface area contributed by atoms with Crippen LogP contribution in [0.15, 0.2) is 18.2 Å². The third-order valence-corrected chi connectivity index (χ3v) is 3.58. The molecule has 0 saturated heterocycles. The van der Waals surface area contributed by atoms with Gasteiger partial charge in [0.05, 0.1) is 0 Å². The smallest absolute Gasteiger partial charge is 0.405 e. The van der Waals surface area contributed by atoms with E-state index in [1.54, 1.807) is 19.2 Å². The second kappa shape index (κ2) is 5.52. The van der Waals surface area contributed by atoms with Crippen molar-refractivity contribution in [3.05, 3.63) is 23.8 Å². The summed E-state index contributed by atoms with van der Waals surface area (Å²) in [5.74, 6) is 0.0252. The zero-order chi connectivity index (χ0) is 14.9. The lowest BCUT2D eigenvalue weighted by atomic mass is 10.1. The molecule has 112 valence electrons. The van der Waals surface area contributed by atoms with Gasteiger partial charge in [0, 0.05) is 29.4 Å². The largest absolute Gasteiger partial charge is 0.508 e. The average Bonchev–Trinajstić information content (AvgIpc) is 3.18. The van der Waals surface area contributed by atoms with Gasteiger partial charge in [-0.25, -0.2) is 0 Å². The Hall–Kier alpha value is -1.43. The van der Waals surface area contributed by atoms with Crippen molar-refractivity contribution in [2.45, 2.75) is 38.0 Å². The quantitative estimate of drug-likeness (QED) is 0.873. The minimum absolute atomic E-state index is 0.0252. The molecule has 0 spiro atoms. The molecule has 0 bridgehead atoms. The van der Waals surface area contributed by atoms with E-state index < -0.39 is 12.7 Å². The number of phenols is 1. The Bertz CT molecular complexity index is 472. The molecule has 2 rings (SSSR count). The van der Waals surface area contributed by atoms with Crippen LogP contribution in [0.1, 0.15) is 31.4 Å². The molecule has 0 amide bonds. The molecule has 1 aromatic rings. The van der Waals surface area contributed by atoms with E-state index in [-0.39, 0.29) is 17.8 Å². The molecular weight excluding hydrogens is 269 g/mol. The monoisotopic (exact) mass is 288 g/mol. The highest BCUT2D eigenvalue weighted by atomic mass is 19.4. The Balaban J connectivity index is 2.24. The Labute approximate surface area is 116 Å². The molecule has 1 aliphatic carbocycles. The third kappa shape index (κ3) is 3.56. The standard InChI is InChI=1S/C14H19F3N2O/c1-9(18-2)12-6-5-11(7-13(12)20)19(10-3-4-10)8-14(15,16)17/h5-7,9-10,18,20H,3-4,8H2,1-2H3. The summed E-state index contributed by atoms with van der Waals surface area (Å²) in [6.45, 7) is 0.904. The summed E-state index contributed by atoms with van der Waals surface area (Å²) in [6, 6.07) is 4.63. The van der Waals surface area contributed by atoms with Crippen LogP contribution in [-0.2, 0) is 0 Å². The first kappa shape index (κ1) is 15.0. The van der Waals surface area contributed by atoms with Crippen molar-refractivity contribution in [2.24, 2.45) is 0 Å². The maximum atomic E-state index is 12.6. The van der Waals surface area contributed by atoms with Gasteiger partial charge in [-0.1, -0.05) is 6.07 Å². The number of rotatable bonds is 5. The Kier molecular flexibility index (Phi) is 4.13. The number of hydrogen-bond donors (Lipinski definition) is 2. The van der Waals surface area contributed by atoms with Crippen LogP contribution in [0.2, 0.25) is 0 Å². The van der Waals surface area contributed by atoms with Crippen LogP contribution in [0.4, 0.5) is 18.9 Å². The van der Waals surface area contributed by atoms with Crippen molar-refractivity contribution in [1.29, 1.82) is 0 Å². The lowest BCUT2D eigenvalue weighted by molar-refractivity contribution is -0.120. The number of halogens is 3. The van der Waals surface area contributed by atoms with Gasteiger partial charge >= 0.3 is 6.18 Å². The van der Waals surface area contributed by atoms with Gasteiger partial charge in [-0.05, 0) is 32.9 Å². The lowest BCUT2D eigenvalue weighted by Crippen LogP contribution is -2.36. The fourth-order valence-electron chi connectivity index (χ4n) is 2.24. The highest BCUT2D eigenvalue weighted by Crippen LogP contribution is 2.37. The first-order chi connectivity index (χ1) is 9.31. The normalized spacial score (nSPS) is 17.1. The summed E-state index contributed by atoms with van der Waals surface area (Å²) < 4.78 is 37.9. The number of benzene rings is 1. The van der Waals surface area contributed by atoms with Crippen LogP contribution >= 0.6 is 0 Å². The minimum atomic E-state index is -4.24. The van der Waals surface area contributed by atoms with E-state index in [1.165, 1.54) is 11.0 Å². The predicted molar refractivity (Wildman–Crippen MR) is 72.0 cm³/mol. The van der Waals surface area contributed by atoms with Gasteiger partial charge in [-0.2, -0.15) is 13.2 Å². The maximum absolute atomic E-state index is 12.6. The Morgan fingerprint density at radius 3 is 2.50 bits per heavy atom. The van der Waals surface area contributed by atoms with E-state index in [0.29, 0.717) is 11.3 Å². The van der Waals surface area contributed by atoms with E-state index in [2.05, 4.69) is 5.32 Å². The molecule has 1 saturated carbocycles. The van der Waals surface area contributed by atoms with Crippen molar-refractivity contribution in [1.82, 2.24) is 5.32 Å². The van der Waals surface area contributed by atoms with Gasteiger partial charge in [-0.15, -0.1) is 0 Å². The summed E-state index contributed by atoms with van der Waals surface area (Å²) in [5, 5.41) is 13.0. The van der Waals surface area contributed by atoms with Gasteiger partial charge in [0.15, 0.2) is 0 Å². The number of nitrogens with one attached hydrogen (secondary N) is 1. The molecule has 0 radical (unpaired) electrons. The zero-order valence-corrected chi connectivity index (χ0v) is 11.5. The van der Waals surface area contributed by atoms with E-state index >= 15 is 0 Å². The molecular formula is C14H19F3N2O. The van der Waals surface area contributed by atoms with Crippen molar-refractivity contribution >= 4 is 5.69 Å². The SMILES string of the molecule is CNC(C)c1ccc(N(CC(F)(F)F)C2CC2)cc1O. The number of anilines is 1. The fraction of sp³-hybridized carbons (Fsp3) is 0.571. The molecule has 0 heterocycles. The second-order valence-electron chi connectivity index (χ2n) is 5.23. The molecule has 1 atom stereocenters. The molecule has 0 aliphatic heterocycles. The molecule has 3 nitrogen and oxygen atoms in total. The number of hydrogen-bond acceptors (Lipinski definition) is 3. The van der Waals surface area contributed by atoms with Gasteiger partial charge < -0.3 is 15.3 Å². The molecule has 6 heteroatoms. The number of nitrogens with zero attached hydrogens (tertiary/aromatic N) is 1. The first-order valence-corrected chi connectivity index (χ1v) is 6.65. The van der Waals surface area contributed by atoms with Crippen LogP contribution in [0.3, 0.4) is 0 Å². The van der Waals surface area contributed by atoms with Crippen LogP contribution in [0.5, 0.6) is 5.75 Å². The Morgan fingerprint density at radius 1 is 1.40 bits per heavy atom. The maximum Gasteiger partial charge on any atom is 0.405 e. The zero-order valence-electron chi connectivity index (χ0n) is 11.5. The molecule has 1 aromatic carbocycles. The summed E-state index contributed by atoms with van der Waals surface area (Å²) in [4.78, 5) is 1.33. The van der Waals surface area contributed by atoms with E-state index in [0.717, 1.165) is 12.8 Å². The van der Waals surface area contributed by atoms with Gasteiger partial charge in [-0.3, -0.25) is 0 Å². The predicted octanol–water partition coefficient (Wildman–Crippen LogP) is 3.20. The van der Waals surface area contributed by atoms with E-state index in [4.69, 9.17) is 0 Å². The topological polar surface area (TPSA) is 35.5 Å². The summed E-state index contributed by atoms with van der Waals surface area (Å²) >= 11 is 0. The molecule has 1 fully saturated rings. The first-order valence-electron chi connectivity index (χ1n) is 6.65. The number of aromatic hydroxyl groups is 1. The van der Waals surface area contributed by atoms with Gasteiger partial charge in [0.25, 0.3) is 0 Å². The van der Waals surface area contributed by atoms with Crippen LogP contribution in [-0.4, -0.2) is 30.9 Å². The van der Waals surface area contributed by atoms with E-state index in [9.17, 15) is 18.3 Å². The van der Waals surface area contributed by atoms with Gasteiger partial charge in [0.1, 0.15) is 12.3 Å². The lowest BCUT2D eigenvalue weighted by Gasteiger charge is -2.26. The van der Waals surface area contributed by atoms with Crippen molar-refractivity contribution < 1.29 is 18.3 Å². The van der Waals surface area contributed by atoms with Gasteiger partial charge in [0.2, 0.25) is 0 Å². The second-order valence-corrected chi connectivity index (χ2v) is 5.23. The van der Waals surface area contributed by atoms with E-state index in [1.807, 2.05) is 6.92 Å². The molecule has 1 aliphatic rings. The summed E-state index contributed by atoms with van der Waals surface area (Å²) in [5.41, 5.74) is 1.10. The molecule has 0 aromatic heterocycles. The van der Waals surface area contributed by atoms with Crippen molar-refractivity contribution in [2.75, 3.05) is 18.5 Å².